The van der Waals surface area contributed by atoms with Gasteiger partial charge in [0.25, 0.3) is 0 Å². The van der Waals surface area contributed by atoms with Gasteiger partial charge in [-0.3, -0.25) is 0 Å². The fourth-order valence-corrected chi connectivity index (χ4v) is 0.802. The molecule has 0 aliphatic heterocycles. The van der Waals surface area contributed by atoms with Crippen molar-refractivity contribution in [2.75, 3.05) is 7.11 Å². The van der Waals surface area contributed by atoms with Crippen LogP contribution in [0.25, 0.3) is 0 Å². The fourth-order valence-electron chi connectivity index (χ4n) is 0.802. The van der Waals surface area contributed by atoms with E-state index in [0.717, 1.165) is 11.8 Å². The van der Waals surface area contributed by atoms with Crippen LogP contribution in [0.1, 0.15) is 0 Å². The molecule has 0 radical (unpaired) electrons. The zero-order valence-corrected chi connectivity index (χ0v) is 7.32. The number of rotatable bonds is 3. The second-order valence-electron chi connectivity index (χ2n) is 2.30. The van der Waals surface area contributed by atoms with Crippen molar-refractivity contribution in [1.29, 1.82) is 0 Å². The van der Waals surface area contributed by atoms with Gasteiger partial charge in [-0.1, -0.05) is 6.58 Å². The van der Waals surface area contributed by atoms with Gasteiger partial charge in [0.15, 0.2) is 0 Å². The number of ether oxygens (including phenoxy) is 2. The molecule has 0 fully saturated rings. The van der Waals surface area contributed by atoms with Gasteiger partial charge in [-0.25, -0.2) is 4.79 Å². The van der Waals surface area contributed by atoms with Crippen LogP contribution in [0.5, 0.6) is 11.5 Å². The van der Waals surface area contributed by atoms with E-state index in [-0.39, 0.29) is 0 Å². The Labute approximate surface area is 76.6 Å². The van der Waals surface area contributed by atoms with Crippen molar-refractivity contribution in [3.05, 3.63) is 36.9 Å². The molecule has 1 aromatic carbocycles. The van der Waals surface area contributed by atoms with Crippen LogP contribution in [-0.2, 0) is 4.79 Å². The van der Waals surface area contributed by atoms with E-state index in [1.54, 1.807) is 31.4 Å². The van der Waals surface area contributed by atoms with E-state index in [0.29, 0.717) is 5.75 Å². The Morgan fingerprint density at radius 1 is 1.31 bits per heavy atom. The summed E-state index contributed by atoms with van der Waals surface area (Å²) in [6.07, 6.45) is 1.12. The molecule has 0 amide bonds. The SMILES string of the molecule is C=CC(=O)Oc1ccc(OC)cc1. The lowest BCUT2D eigenvalue weighted by atomic mass is 10.3. The molecule has 0 spiro atoms. The molecule has 0 unspecified atom stereocenters. The van der Waals surface area contributed by atoms with Crippen molar-refractivity contribution in [1.82, 2.24) is 0 Å². The van der Waals surface area contributed by atoms with E-state index >= 15 is 0 Å². The van der Waals surface area contributed by atoms with Crippen molar-refractivity contribution in [2.24, 2.45) is 0 Å². The summed E-state index contributed by atoms with van der Waals surface area (Å²) >= 11 is 0. The van der Waals surface area contributed by atoms with Crippen molar-refractivity contribution in [2.45, 2.75) is 0 Å². The Kier molecular flexibility index (Phi) is 3.09. The maximum Gasteiger partial charge on any atom is 0.335 e. The molecule has 1 rings (SSSR count). The predicted molar refractivity (Wildman–Crippen MR) is 48.8 cm³/mol. The minimum atomic E-state index is -0.467. The lowest BCUT2D eigenvalue weighted by Gasteiger charge is -2.02. The quantitative estimate of drug-likeness (QED) is 0.402. The number of benzene rings is 1. The van der Waals surface area contributed by atoms with Gasteiger partial charge >= 0.3 is 5.97 Å². The maximum atomic E-state index is 10.8. The fraction of sp³-hybridized carbons (Fsp3) is 0.100. The summed E-state index contributed by atoms with van der Waals surface area (Å²) in [5.41, 5.74) is 0. The lowest BCUT2D eigenvalue weighted by Crippen LogP contribution is -2.02. The molecule has 13 heavy (non-hydrogen) atoms. The molecule has 3 nitrogen and oxygen atoms in total. The molecule has 1 aromatic rings. The Balaban J connectivity index is 2.69. The Hall–Kier alpha value is -1.77. The van der Waals surface area contributed by atoms with Crippen LogP contribution in [0.4, 0.5) is 0 Å². The van der Waals surface area contributed by atoms with Crippen LogP contribution in [0.3, 0.4) is 0 Å². The summed E-state index contributed by atoms with van der Waals surface area (Å²) in [6.45, 7) is 3.29. The molecule has 3 heteroatoms. The first-order chi connectivity index (χ1) is 6.26. The molecule has 0 saturated heterocycles. The first-order valence-corrected chi connectivity index (χ1v) is 3.74. The number of methoxy groups -OCH3 is 1. The Bertz CT molecular complexity index is 300. The molecule has 0 heterocycles. The maximum absolute atomic E-state index is 10.8. The highest BCUT2D eigenvalue weighted by Crippen LogP contribution is 2.16. The summed E-state index contributed by atoms with van der Waals surface area (Å²) in [4.78, 5) is 10.8. The van der Waals surface area contributed by atoms with Gasteiger partial charge in [0, 0.05) is 6.08 Å². The number of carbonyl (C=O) groups is 1. The van der Waals surface area contributed by atoms with Crippen LogP contribution in [0.2, 0.25) is 0 Å². The van der Waals surface area contributed by atoms with Crippen molar-refractivity contribution < 1.29 is 14.3 Å². The number of carbonyl (C=O) groups excluding carboxylic acids is 1. The molecule has 0 aliphatic rings. The van der Waals surface area contributed by atoms with Gasteiger partial charge in [0.05, 0.1) is 7.11 Å². The van der Waals surface area contributed by atoms with Gasteiger partial charge in [0.1, 0.15) is 11.5 Å². The third-order valence-electron chi connectivity index (χ3n) is 1.44. The van der Waals surface area contributed by atoms with Gasteiger partial charge in [-0.05, 0) is 24.3 Å². The van der Waals surface area contributed by atoms with Crippen molar-refractivity contribution >= 4 is 5.97 Å². The van der Waals surface area contributed by atoms with E-state index in [1.807, 2.05) is 0 Å². The molecule has 0 saturated carbocycles. The summed E-state index contributed by atoms with van der Waals surface area (Å²) in [7, 11) is 1.57. The highest BCUT2D eigenvalue weighted by atomic mass is 16.5. The third kappa shape index (κ3) is 2.63. The molecular weight excluding hydrogens is 168 g/mol. The first kappa shape index (κ1) is 9.32. The molecule has 0 N–H and O–H groups in total. The molecule has 0 bridgehead atoms. The largest absolute Gasteiger partial charge is 0.497 e. The third-order valence-corrected chi connectivity index (χ3v) is 1.44. The van der Waals surface area contributed by atoms with Crippen LogP contribution in [-0.4, -0.2) is 13.1 Å². The topological polar surface area (TPSA) is 35.5 Å². The lowest BCUT2D eigenvalue weighted by molar-refractivity contribution is -0.128. The van der Waals surface area contributed by atoms with Crippen LogP contribution < -0.4 is 9.47 Å². The van der Waals surface area contributed by atoms with E-state index in [4.69, 9.17) is 9.47 Å². The summed E-state index contributed by atoms with van der Waals surface area (Å²) in [5, 5.41) is 0. The molecule has 68 valence electrons. The standard InChI is InChI=1S/C10H10O3/c1-3-10(11)13-9-6-4-8(12-2)5-7-9/h3-7H,1H2,2H3. The van der Waals surface area contributed by atoms with E-state index in [2.05, 4.69) is 6.58 Å². The van der Waals surface area contributed by atoms with E-state index in [1.165, 1.54) is 0 Å². The zero-order valence-electron chi connectivity index (χ0n) is 7.32. The van der Waals surface area contributed by atoms with Gasteiger partial charge in [0.2, 0.25) is 0 Å². The average Bonchev–Trinajstić information content (AvgIpc) is 2.19. The first-order valence-electron chi connectivity index (χ1n) is 3.74. The van der Waals surface area contributed by atoms with Gasteiger partial charge < -0.3 is 9.47 Å². The molecule has 0 aromatic heterocycles. The van der Waals surface area contributed by atoms with Gasteiger partial charge in [-0.2, -0.15) is 0 Å². The predicted octanol–water partition coefficient (Wildman–Crippen LogP) is 1.79. The van der Waals surface area contributed by atoms with Gasteiger partial charge in [-0.15, -0.1) is 0 Å². The second kappa shape index (κ2) is 4.30. The van der Waals surface area contributed by atoms with Crippen LogP contribution in [0, 0.1) is 0 Å². The minimum absolute atomic E-state index is 0.467. The number of hydrogen-bond acceptors (Lipinski definition) is 3. The second-order valence-corrected chi connectivity index (χ2v) is 2.30. The normalized spacial score (nSPS) is 9.00. The molecule has 0 atom stereocenters. The molecular formula is C10H10O3. The summed E-state index contributed by atoms with van der Waals surface area (Å²) in [5.74, 6) is 0.731. The zero-order chi connectivity index (χ0) is 9.68. The Morgan fingerprint density at radius 2 is 1.85 bits per heavy atom. The minimum Gasteiger partial charge on any atom is -0.497 e. The highest BCUT2D eigenvalue weighted by molar-refractivity contribution is 5.83. The van der Waals surface area contributed by atoms with Crippen LogP contribution >= 0.6 is 0 Å². The molecule has 0 aliphatic carbocycles. The monoisotopic (exact) mass is 178 g/mol. The summed E-state index contributed by atoms with van der Waals surface area (Å²) in [6, 6.07) is 6.73. The van der Waals surface area contributed by atoms with Crippen molar-refractivity contribution in [3.8, 4) is 11.5 Å². The Morgan fingerprint density at radius 3 is 2.31 bits per heavy atom. The smallest absolute Gasteiger partial charge is 0.335 e. The number of esters is 1. The van der Waals surface area contributed by atoms with E-state index in [9.17, 15) is 4.79 Å². The average molecular weight is 178 g/mol. The van der Waals surface area contributed by atoms with Crippen LogP contribution in [0.15, 0.2) is 36.9 Å². The number of hydrogen-bond donors (Lipinski definition) is 0. The van der Waals surface area contributed by atoms with E-state index < -0.39 is 5.97 Å². The highest BCUT2D eigenvalue weighted by Gasteiger charge is 1.98. The summed E-state index contributed by atoms with van der Waals surface area (Å²) < 4.78 is 9.79. The van der Waals surface area contributed by atoms with Crippen molar-refractivity contribution in [3.63, 3.8) is 0 Å².